The van der Waals surface area contributed by atoms with Crippen LogP contribution in [0.15, 0.2) is 16.7 Å². The van der Waals surface area contributed by atoms with Crippen molar-refractivity contribution in [3.63, 3.8) is 0 Å². The van der Waals surface area contributed by atoms with Gasteiger partial charge >= 0.3 is 0 Å². The maximum atomic E-state index is 5.03. The second-order valence-corrected chi connectivity index (χ2v) is 1.86. The molecule has 0 bridgehead atoms. The smallest absolute Gasteiger partial charge is 0.176 e. The molecule has 0 saturated heterocycles. The van der Waals surface area contributed by atoms with Crippen molar-refractivity contribution in [3.05, 3.63) is 23.7 Å². The van der Waals surface area contributed by atoms with E-state index in [0.717, 1.165) is 11.3 Å². The van der Waals surface area contributed by atoms with Crippen molar-refractivity contribution in [1.29, 1.82) is 0 Å². The lowest BCUT2D eigenvalue weighted by Crippen LogP contribution is -1.60. The van der Waals surface area contributed by atoms with Gasteiger partial charge in [0.15, 0.2) is 5.76 Å². The summed E-state index contributed by atoms with van der Waals surface area (Å²) in [7, 11) is 0. The second-order valence-electron chi connectivity index (χ2n) is 1.86. The first-order valence-corrected chi connectivity index (χ1v) is 2.81. The van der Waals surface area contributed by atoms with Crippen LogP contribution in [0, 0.1) is 18.8 Å². The largest absolute Gasteiger partial charge is 0.456 e. The summed E-state index contributed by atoms with van der Waals surface area (Å²) in [6, 6.07) is 1.91. The van der Waals surface area contributed by atoms with Gasteiger partial charge in [0.25, 0.3) is 0 Å². The van der Waals surface area contributed by atoms with Crippen LogP contribution in [0.2, 0.25) is 0 Å². The van der Waals surface area contributed by atoms with Gasteiger partial charge in [0.2, 0.25) is 0 Å². The minimum absolute atomic E-state index is 0.745. The summed E-state index contributed by atoms with van der Waals surface area (Å²) >= 11 is 0. The van der Waals surface area contributed by atoms with Crippen molar-refractivity contribution in [3.8, 4) is 11.8 Å². The quantitative estimate of drug-likeness (QED) is 0.477. The van der Waals surface area contributed by atoms with Crippen LogP contribution in [0.4, 0.5) is 0 Å². The molecule has 0 aliphatic rings. The van der Waals surface area contributed by atoms with E-state index in [4.69, 9.17) is 4.42 Å². The molecule has 0 saturated carbocycles. The van der Waals surface area contributed by atoms with E-state index < -0.39 is 0 Å². The van der Waals surface area contributed by atoms with Crippen LogP contribution in [-0.2, 0) is 0 Å². The molecule has 0 atom stereocenters. The molecule has 1 nitrogen and oxygen atoms in total. The molecule has 0 amide bonds. The lowest BCUT2D eigenvalue weighted by atomic mass is 10.3. The zero-order valence-corrected chi connectivity index (χ0v) is 5.56. The van der Waals surface area contributed by atoms with E-state index in [1.54, 1.807) is 13.2 Å². The normalized spacial score (nSPS) is 8.22. The van der Waals surface area contributed by atoms with Gasteiger partial charge in [0, 0.05) is 0 Å². The van der Waals surface area contributed by atoms with Gasteiger partial charge < -0.3 is 4.42 Å². The van der Waals surface area contributed by atoms with Gasteiger partial charge in [-0.05, 0) is 31.4 Å². The highest BCUT2D eigenvalue weighted by molar-refractivity contribution is 5.26. The highest BCUT2D eigenvalue weighted by atomic mass is 16.3. The Balaban J connectivity index is 2.93. The Kier molecular flexibility index (Phi) is 1.60. The summed E-state index contributed by atoms with van der Waals surface area (Å²) < 4.78 is 5.03. The third-order valence-electron chi connectivity index (χ3n) is 0.979. The summed E-state index contributed by atoms with van der Waals surface area (Å²) in [5, 5.41) is 0. The molecule has 9 heavy (non-hydrogen) atoms. The van der Waals surface area contributed by atoms with Crippen molar-refractivity contribution < 1.29 is 4.42 Å². The average Bonchev–Trinajstić information content (AvgIpc) is 2.17. The molecule has 1 heteroatoms. The predicted octanol–water partition coefficient (Wildman–Crippen LogP) is 1.96. The zero-order chi connectivity index (χ0) is 6.69. The Morgan fingerprint density at radius 3 is 2.78 bits per heavy atom. The van der Waals surface area contributed by atoms with Crippen LogP contribution in [0.5, 0.6) is 0 Å². The lowest BCUT2D eigenvalue weighted by molar-refractivity contribution is 0.552. The summed E-state index contributed by atoms with van der Waals surface area (Å²) in [4.78, 5) is 0. The number of hydrogen-bond acceptors (Lipinski definition) is 1. The van der Waals surface area contributed by atoms with Crippen LogP contribution >= 0.6 is 0 Å². The van der Waals surface area contributed by atoms with Crippen molar-refractivity contribution >= 4 is 0 Å². The fourth-order valence-corrected chi connectivity index (χ4v) is 0.620. The number of hydrogen-bond donors (Lipinski definition) is 0. The molecular formula is C8H8O. The molecular weight excluding hydrogens is 112 g/mol. The molecule has 0 N–H and O–H groups in total. The van der Waals surface area contributed by atoms with Gasteiger partial charge in [-0.1, -0.05) is 5.92 Å². The van der Waals surface area contributed by atoms with E-state index in [0.29, 0.717) is 0 Å². The third kappa shape index (κ3) is 1.36. The van der Waals surface area contributed by atoms with E-state index in [9.17, 15) is 0 Å². The molecule has 46 valence electrons. The highest BCUT2D eigenvalue weighted by Crippen LogP contribution is 2.03. The first-order chi connectivity index (χ1) is 4.33. The fraction of sp³-hybridized carbons (Fsp3) is 0.250. The number of rotatable bonds is 0. The predicted molar refractivity (Wildman–Crippen MR) is 36.0 cm³/mol. The number of aryl methyl sites for hydroxylation is 1. The highest BCUT2D eigenvalue weighted by Gasteiger charge is 1.89. The average molecular weight is 120 g/mol. The molecule has 1 aromatic heterocycles. The van der Waals surface area contributed by atoms with Crippen molar-refractivity contribution in [2.75, 3.05) is 0 Å². The summed E-state index contributed by atoms with van der Waals surface area (Å²) in [6.07, 6.45) is 1.69. The summed E-state index contributed by atoms with van der Waals surface area (Å²) in [6.45, 7) is 3.77. The van der Waals surface area contributed by atoms with E-state index >= 15 is 0 Å². The molecule has 0 radical (unpaired) electrons. The van der Waals surface area contributed by atoms with Crippen molar-refractivity contribution in [2.45, 2.75) is 13.8 Å². The van der Waals surface area contributed by atoms with Crippen molar-refractivity contribution in [2.24, 2.45) is 0 Å². The summed E-state index contributed by atoms with van der Waals surface area (Å²) in [5.74, 6) is 6.31. The number of furan rings is 1. The molecule has 0 aliphatic heterocycles. The molecule has 0 fully saturated rings. The van der Waals surface area contributed by atoms with E-state index in [2.05, 4.69) is 11.8 Å². The van der Waals surface area contributed by atoms with Gasteiger partial charge in [0.1, 0.15) is 0 Å². The van der Waals surface area contributed by atoms with Gasteiger partial charge in [-0.15, -0.1) is 0 Å². The molecule has 0 aromatic carbocycles. The Bertz CT molecular complexity index is 247. The van der Waals surface area contributed by atoms with Crippen LogP contribution in [0.3, 0.4) is 0 Å². The monoisotopic (exact) mass is 120 g/mol. The Labute approximate surface area is 54.7 Å². The Morgan fingerprint density at radius 1 is 1.56 bits per heavy atom. The van der Waals surface area contributed by atoms with Crippen molar-refractivity contribution in [1.82, 2.24) is 0 Å². The topological polar surface area (TPSA) is 13.1 Å². The maximum absolute atomic E-state index is 5.03. The van der Waals surface area contributed by atoms with Gasteiger partial charge in [0.05, 0.1) is 6.26 Å². The van der Waals surface area contributed by atoms with Crippen LogP contribution in [0.1, 0.15) is 18.2 Å². The SMILES string of the molecule is CC#Cc1cc(C)co1. The van der Waals surface area contributed by atoms with Gasteiger partial charge in [-0.25, -0.2) is 0 Å². The Hall–Kier alpha value is -1.16. The molecule has 0 aliphatic carbocycles. The zero-order valence-electron chi connectivity index (χ0n) is 5.56. The maximum Gasteiger partial charge on any atom is 0.176 e. The van der Waals surface area contributed by atoms with E-state index in [1.165, 1.54) is 0 Å². The third-order valence-corrected chi connectivity index (χ3v) is 0.979. The van der Waals surface area contributed by atoms with Gasteiger partial charge in [-0.3, -0.25) is 0 Å². The molecule has 1 heterocycles. The second kappa shape index (κ2) is 2.41. The molecule has 1 aromatic rings. The first kappa shape index (κ1) is 5.97. The minimum Gasteiger partial charge on any atom is -0.456 e. The summed E-state index contributed by atoms with van der Waals surface area (Å²) in [5.41, 5.74) is 1.12. The first-order valence-electron chi connectivity index (χ1n) is 2.81. The van der Waals surface area contributed by atoms with Crippen LogP contribution in [0.25, 0.3) is 0 Å². The van der Waals surface area contributed by atoms with E-state index in [1.807, 2.05) is 13.0 Å². The van der Waals surface area contributed by atoms with E-state index in [-0.39, 0.29) is 0 Å². The molecule has 1 rings (SSSR count). The van der Waals surface area contributed by atoms with Gasteiger partial charge in [-0.2, -0.15) is 0 Å². The molecule has 0 spiro atoms. The van der Waals surface area contributed by atoms with Crippen LogP contribution < -0.4 is 0 Å². The van der Waals surface area contributed by atoms with Crippen LogP contribution in [-0.4, -0.2) is 0 Å². The minimum atomic E-state index is 0.745. The fourth-order valence-electron chi connectivity index (χ4n) is 0.620. The lowest BCUT2D eigenvalue weighted by Gasteiger charge is -1.71. The molecule has 0 unspecified atom stereocenters. The Morgan fingerprint density at radius 2 is 2.33 bits per heavy atom. The standard InChI is InChI=1S/C8H8O/c1-3-4-8-5-7(2)6-9-8/h5-6H,1-2H3.